The van der Waals surface area contributed by atoms with Gasteiger partial charge in [-0.15, -0.1) is 0 Å². The molecule has 3 heterocycles. The van der Waals surface area contributed by atoms with Gasteiger partial charge in [0.05, 0.1) is 34.0 Å². The van der Waals surface area contributed by atoms with Crippen LogP contribution in [-0.2, 0) is 6.54 Å². The number of fused-ring (bicyclic) bond motifs is 1. The number of aromatic nitrogens is 2. The van der Waals surface area contributed by atoms with E-state index in [4.69, 9.17) is 9.78 Å². The van der Waals surface area contributed by atoms with E-state index in [1.54, 1.807) is 0 Å². The molecule has 0 aliphatic carbocycles. The maximum absolute atomic E-state index is 13.8. The largest absolute Gasteiger partial charge is 0.337 e. The normalized spacial score (nSPS) is 14.6. The molecule has 0 bridgehead atoms. The second-order valence-electron chi connectivity index (χ2n) is 9.10. The molecule has 1 fully saturated rings. The molecule has 0 radical (unpaired) electrons. The molecular weight excluding hydrogens is 438 g/mol. The number of hydrogen-bond donors (Lipinski definition) is 0. The number of carbonyl (C=O) groups is 1. The van der Waals surface area contributed by atoms with Gasteiger partial charge in [0.1, 0.15) is 0 Å². The molecule has 176 valence electrons. The quantitative estimate of drug-likeness (QED) is 0.433. The van der Waals surface area contributed by atoms with Gasteiger partial charge in [-0.3, -0.25) is 9.69 Å². The van der Waals surface area contributed by atoms with Crippen molar-refractivity contribution in [1.82, 2.24) is 19.9 Å². The van der Waals surface area contributed by atoms with Crippen LogP contribution in [0.1, 0.15) is 39.2 Å². The highest BCUT2D eigenvalue weighted by atomic mass is 16.5. The Morgan fingerprint density at radius 1 is 1.03 bits per heavy atom. The van der Waals surface area contributed by atoms with Gasteiger partial charge in [-0.1, -0.05) is 47.1 Å². The first-order valence-corrected chi connectivity index (χ1v) is 11.9. The molecule has 2 aromatic heterocycles. The molecule has 35 heavy (non-hydrogen) atoms. The zero-order valence-corrected chi connectivity index (χ0v) is 20.0. The molecule has 1 saturated heterocycles. The van der Waals surface area contributed by atoms with Crippen LogP contribution < -0.4 is 0 Å². The Hall–Kier alpha value is -4.02. The van der Waals surface area contributed by atoms with E-state index in [2.05, 4.69) is 21.1 Å². The Bertz CT molecular complexity index is 1400. The average Bonchev–Trinajstić information content (AvgIpc) is 3.10. The minimum absolute atomic E-state index is 0.0164. The summed E-state index contributed by atoms with van der Waals surface area (Å²) in [5, 5.41) is 13.8. The number of nitrogens with zero attached hydrogens (tertiary/aromatic N) is 5. The number of benzene rings is 2. The summed E-state index contributed by atoms with van der Waals surface area (Å²) in [6.45, 7) is 7.72. The summed E-state index contributed by atoms with van der Waals surface area (Å²) in [5.41, 5.74) is 6.28. The molecule has 1 aliphatic heterocycles. The Kier molecular flexibility index (Phi) is 6.30. The zero-order valence-electron chi connectivity index (χ0n) is 20.0. The van der Waals surface area contributed by atoms with Crippen LogP contribution in [0.2, 0.25) is 0 Å². The second-order valence-corrected chi connectivity index (χ2v) is 9.10. The van der Waals surface area contributed by atoms with E-state index in [0.717, 1.165) is 37.2 Å². The fourth-order valence-electron chi connectivity index (χ4n) is 4.58. The van der Waals surface area contributed by atoms with Gasteiger partial charge >= 0.3 is 0 Å². The molecule has 7 nitrogen and oxygen atoms in total. The summed E-state index contributed by atoms with van der Waals surface area (Å²) in [6.07, 6.45) is 0.893. The standard InChI is InChI=1S/C28H27N5O2/c1-19-4-10-23(11-5-19)25-16-24(26-20(2)31-35-27(26)30-25)28(34)33-13-3-12-32(14-15-33)18-22-8-6-21(17-29)7-9-22/h4-11,16H,3,12-15,18H2,1-2H3. The Morgan fingerprint density at radius 2 is 1.80 bits per heavy atom. The van der Waals surface area contributed by atoms with E-state index in [1.165, 1.54) is 5.56 Å². The van der Waals surface area contributed by atoms with E-state index < -0.39 is 0 Å². The van der Waals surface area contributed by atoms with Crippen molar-refractivity contribution in [2.75, 3.05) is 26.2 Å². The molecule has 5 rings (SSSR count). The van der Waals surface area contributed by atoms with E-state index in [9.17, 15) is 4.79 Å². The van der Waals surface area contributed by atoms with Gasteiger partial charge in [0.2, 0.25) is 0 Å². The summed E-state index contributed by atoms with van der Waals surface area (Å²) in [6, 6.07) is 19.8. The number of hydrogen-bond acceptors (Lipinski definition) is 6. The Balaban J connectivity index is 1.38. The van der Waals surface area contributed by atoms with E-state index >= 15 is 0 Å². The predicted octanol–water partition coefficient (Wildman–Crippen LogP) is 4.73. The van der Waals surface area contributed by atoms with Gasteiger partial charge in [-0.25, -0.2) is 4.98 Å². The van der Waals surface area contributed by atoms with Crippen LogP contribution in [0, 0.1) is 25.2 Å². The molecule has 1 aliphatic rings. The number of rotatable bonds is 4. The zero-order chi connectivity index (χ0) is 24.4. The monoisotopic (exact) mass is 465 g/mol. The van der Waals surface area contributed by atoms with Gasteiger partial charge in [-0.05, 0) is 44.0 Å². The van der Waals surface area contributed by atoms with Gasteiger partial charge in [0.15, 0.2) is 0 Å². The molecule has 0 unspecified atom stereocenters. The predicted molar refractivity (Wildman–Crippen MR) is 134 cm³/mol. The van der Waals surface area contributed by atoms with Gasteiger partial charge in [0, 0.05) is 38.3 Å². The van der Waals surface area contributed by atoms with Crippen LogP contribution in [0.4, 0.5) is 0 Å². The lowest BCUT2D eigenvalue weighted by Crippen LogP contribution is -2.35. The Labute approximate surface area is 204 Å². The molecule has 4 aromatic rings. The van der Waals surface area contributed by atoms with Crippen LogP contribution in [-0.4, -0.2) is 52.0 Å². The number of aryl methyl sites for hydroxylation is 2. The van der Waals surface area contributed by atoms with Gasteiger partial charge < -0.3 is 9.42 Å². The van der Waals surface area contributed by atoms with Crippen molar-refractivity contribution in [3.8, 4) is 17.3 Å². The highest BCUT2D eigenvalue weighted by molar-refractivity contribution is 6.07. The first kappa shape index (κ1) is 22.8. The number of carbonyl (C=O) groups excluding carboxylic acids is 1. The lowest BCUT2D eigenvalue weighted by atomic mass is 10.0. The van der Waals surface area contributed by atoms with E-state index in [0.29, 0.717) is 46.7 Å². The minimum atomic E-state index is -0.0164. The molecule has 0 atom stereocenters. The fourth-order valence-corrected chi connectivity index (χ4v) is 4.58. The van der Waals surface area contributed by atoms with Crippen LogP contribution in [0.25, 0.3) is 22.4 Å². The van der Waals surface area contributed by atoms with E-state index in [-0.39, 0.29) is 5.91 Å². The van der Waals surface area contributed by atoms with Crippen LogP contribution in [0.3, 0.4) is 0 Å². The van der Waals surface area contributed by atoms with Crippen molar-refractivity contribution in [2.24, 2.45) is 0 Å². The lowest BCUT2D eigenvalue weighted by molar-refractivity contribution is 0.0763. The van der Waals surface area contributed by atoms with Gasteiger partial charge in [-0.2, -0.15) is 5.26 Å². The van der Waals surface area contributed by atoms with Crippen molar-refractivity contribution in [3.63, 3.8) is 0 Å². The Morgan fingerprint density at radius 3 is 2.54 bits per heavy atom. The van der Waals surface area contributed by atoms with Gasteiger partial charge in [0.25, 0.3) is 11.6 Å². The molecular formula is C28H27N5O2. The van der Waals surface area contributed by atoms with Crippen molar-refractivity contribution >= 4 is 17.0 Å². The van der Waals surface area contributed by atoms with Crippen molar-refractivity contribution in [2.45, 2.75) is 26.8 Å². The summed E-state index contributed by atoms with van der Waals surface area (Å²) < 4.78 is 5.48. The van der Waals surface area contributed by atoms with Crippen molar-refractivity contribution < 1.29 is 9.32 Å². The van der Waals surface area contributed by atoms with E-state index in [1.807, 2.05) is 73.3 Å². The third kappa shape index (κ3) is 4.79. The summed E-state index contributed by atoms with van der Waals surface area (Å²) in [4.78, 5) is 22.7. The SMILES string of the molecule is Cc1ccc(-c2cc(C(=O)N3CCCN(Cc4ccc(C#N)cc4)CC3)c3c(C)noc3n2)cc1. The molecule has 0 spiro atoms. The fraction of sp³-hybridized carbons (Fsp3) is 0.286. The highest BCUT2D eigenvalue weighted by Crippen LogP contribution is 2.28. The molecule has 1 amide bonds. The van der Waals surface area contributed by atoms with Crippen molar-refractivity contribution in [1.29, 1.82) is 5.26 Å². The summed E-state index contributed by atoms with van der Waals surface area (Å²) in [5.74, 6) is -0.0164. The van der Waals surface area contributed by atoms with Crippen LogP contribution in [0.15, 0.2) is 59.1 Å². The second kappa shape index (κ2) is 9.69. The number of amides is 1. The topological polar surface area (TPSA) is 86.3 Å². The lowest BCUT2D eigenvalue weighted by Gasteiger charge is -2.22. The maximum Gasteiger partial charge on any atom is 0.259 e. The highest BCUT2D eigenvalue weighted by Gasteiger charge is 2.25. The molecule has 2 aromatic carbocycles. The minimum Gasteiger partial charge on any atom is -0.337 e. The molecule has 0 saturated carbocycles. The first-order valence-electron chi connectivity index (χ1n) is 11.9. The van der Waals surface area contributed by atoms with Crippen LogP contribution in [0.5, 0.6) is 0 Å². The third-order valence-electron chi connectivity index (χ3n) is 6.56. The maximum atomic E-state index is 13.8. The summed E-state index contributed by atoms with van der Waals surface area (Å²) >= 11 is 0. The summed E-state index contributed by atoms with van der Waals surface area (Å²) in [7, 11) is 0. The average molecular weight is 466 g/mol. The third-order valence-corrected chi connectivity index (χ3v) is 6.56. The number of nitriles is 1. The molecule has 0 N–H and O–H groups in total. The smallest absolute Gasteiger partial charge is 0.259 e. The van der Waals surface area contributed by atoms with Crippen molar-refractivity contribution in [3.05, 3.63) is 82.5 Å². The van der Waals surface area contributed by atoms with Crippen LogP contribution >= 0.6 is 0 Å². The molecule has 7 heteroatoms. The number of pyridine rings is 1. The first-order chi connectivity index (χ1) is 17.0.